The van der Waals surface area contributed by atoms with Crippen LogP contribution in [0, 0.1) is 11.8 Å². The van der Waals surface area contributed by atoms with Gasteiger partial charge in [-0.1, -0.05) is 61.4 Å². The maximum atomic E-state index is 13.0. The van der Waals surface area contributed by atoms with E-state index in [1.807, 2.05) is 24.3 Å². The van der Waals surface area contributed by atoms with E-state index in [4.69, 9.17) is 9.84 Å². The SMILES string of the molecule is O=C(O)CC1CN(C(=O)[C@H]2CCCC[C@H]2NC(=O)OCC2c3ccccc3-c3ccccc32)C1. The van der Waals surface area contributed by atoms with Crippen molar-refractivity contribution in [3.63, 3.8) is 0 Å². The van der Waals surface area contributed by atoms with Gasteiger partial charge in [0.25, 0.3) is 0 Å². The van der Waals surface area contributed by atoms with Crippen molar-refractivity contribution < 1.29 is 24.2 Å². The molecule has 2 N–H and O–H groups in total. The molecule has 2 aliphatic carbocycles. The van der Waals surface area contributed by atoms with Gasteiger partial charge in [0.05, 0.1) is 12.3 Å². The fraction of sp³-hybridized carbons (Fsp3) is 0.444. The highest BCUT2D eigenvalue weighted by Crippen LogP contribution is 2.44. The molecule has 1 heterocycles. The predicted octanol–water partition coefficient (Wildman–Crippen LogP) is 4.02. The van der Waals surface area contributed by atoms with E-state index in [9.17, 15) is 14.4 Å². The zero-order chi connectivity index (χ0) is 23.7. The Bertz CT molecular complexity index is 1050. The lowest BCUT2D eigenvalue weighted by molar-refractivity contribution is -0.148. The second-order valence-corrected chi connectivity index (χ2v) is 9.67. The summed E-state index contributed by atoms with van der Waals surface area (Å²) in [6.07, 6.45) is 2.99. The molecule has 0 unspecified atom stereocenters. The van der Waals surface area contributed by atoms with Crippen molar-refractivity contribution in [1.82, 2.24) is 10.2 Å². The maximum Gasteiger partial charge on any atom is 0.407 e. The van der Waals surface area contributed by atoms with E-state index in [0.29, 0.717) is 13.1 Å². The molecule has 3 aliphatic rings. The third-order valence-corrected chi connectivity index (χ3v) is 7.46. The summed E-state index contributed by atoms with van der Waals surface area (Å²) in [6, 6.07) is 16.2. The number of ether oxygens (including phenoxy) is 1. The fourth-order valence-electron chi connectivity index (χ4n) is 5.75. The molecule has 1 saturated carbocycles. The van der Waals surface area contributed by atoms with Crippen molar-refractivity contribution in [3.05, 3.63) is 59.7 Å². The number of carboxylic acids is 1. The van der Waals surface area contributed by atoms with E-state index in [-0.39, 0.29) is 42.7 Å². The Morgan fingerprint density at radius 2 is 1.56 bits per heavy atom. The zero-order valence-electron chi connectivity index (χ0n) is 19.1. The van der Waals surface area contributed by atoms with Gasteiger partial charge in [0.2, 0.25) is 5.91 Å². The second-order valence-electron chi connectivity index (χ2n) is 9.67. The van der Waals surface area contributed by atoms with Gasteiger partial charge in [0, 0.05) is 31.0 Å². The van der Waals surface area contributed by atoms with Crippen molar-refractivity contribution >= 4 is 18.0 Å². The largest absolute Gasteiger partial charge is 0.481 e. The number of nitrogens with one attached hydrogen (secondary N) is 1. The lowest BCUT2D eigenvalue weighted by atomic mass is 9.82. The number of hydrogen-bond acceptors (Lipinski definition) is 4. The van der Waals surface area contributed by atoms with Gasteiger partial charge in [0.15, 0.2) is 0 Å². The molecule has 1 saturated heterocycles. The summed E-state index contributed by atoms with van der Waals surface area (Å²) in [4.78, 5) is 38.4. The summed E-state index contributed by atoms with van der Waals surface area (Å²) in [5.41, 5.74) is 4.69. The zero-order valence-corrected chi connectivity index (χ0v) is 19.1. The van der Waals surface area contributed by atoms with E-state index in [0.717, 1.165) is 36.8 Å². The van der Waals surface area contributed by atoms with Crippen LogP contribution in [0.25, 0.3) is 11.1 Å². The molecule has 5 rings (SSSR count). The van der Waals surface area contributed by atoms with E-state index in [2.05, 4.69) is 29.6 Å². The summed E-state index contributed by atoms with van der Waals surface area (Å²) >= 11 is 0. The number of carbonyl (C=O) groups is 3. The molecular formula is C27H30N2O5. The number of nitrogens with zero attached hydrogens (tertiary/aromatic N) is 1. The number of carboxylic acid groups (broad SMARTS) is 1. The van der Waals surface area contributed by atoms with Crippen LogP contribution in [0.5, 0.6) is 0 Å². The third kappa shape index (κ3) is 4.39. The van der Waals surface area contributed by atoms with Gasteiger partial charge in [-0.25, -0.2) is 4.79 Å². The van der Waals surface area contributed by atoms with Crippen LogP contribution >= 0.6 is 0 Å². The lowest BCUT2D eigenvalue weighted by Crippen LogP contribution is -2.56. The average molecular weight is 463 g/mol. The van der Waals surface area contributed by atoms with Crippen LogP contribution in [0.3, 0.4) is 0 Å². The Hall–Kier alpha value is -3.35. The van der Waals surface area contributed by atoms with Crippen molar-refractivity contribution in [3.8, 4) is 11.1 Å². The van der Waals surface area contributed by atoms with Gasteiger partial charge >= 0.3 is 12.1 Å². The minimum atomic E-state index is -0.829. The molecule has 0 bridgehead atoms. The summed E-state index contributed by atoms with van der Waals surface area (Å²) in [5, 5.41) is 11.9. The first-order chi connectivity index (χ1) is 16.5. The van der Waals surface area contributed by atoms with Gasteiger partial charge < -0.3 is 20.1 Å². The number of aliphatic carboxylic acids is 1. The number of hydrogen-bond donors (Lipinski definition) is 2. The molecule has 2 fully saturated rings. The van der Waals surface area contributed by atoms with Crippen molar-refractivity contribution in [2.24, 2.45) is 11.8 Å². The van der Waals surface area contributed by atoms with Crippen LogP contribution < -0.4 is 5.32 Å². The molecule has 0 aromatic heterocycles. The molecule has 1 aliphatic heterocycles. The Balaban J connectivity index is 1.19. The molecule has 2 amide bonds. The number of likely N-dealkylation sites (tertiary alicyclic amines) is 1. The lowest BCUT2D eigenvalue weighted by Gasteiger charge is -2.43. The summed E-state index contributed by atoms with van der Waals surface area (Å²) in [5.74, 6) is -1.07. The van der Waals surface area contributed by atoms with Gasteiger partial charge in [0.1, 0.15) is 6.61 Å². The highest BCUT2D eigenvalue weighted by atomic mass is 16.5. The molecule has 2 atom stereocenters. The number of rotatable bonds is 6. The molecule has 178 valence electrons. The molecule has 0 spiro atoms. The van der Waals surface area contributed by atoms with Crippen LogP contribution in [-0.2, 0) is 14.3 Å². The monoisotopic (exact) mass is 462 g/mol. The van der Waals surface area contributed by atoms with Crippen molar-refractivity contribution in [2.45, 2.75) is 44.1 Å². The van der Waals surface area contributed by atoms with Crippen molar-refractivity contribution in [1.29, 1.82) is 0 Å². The fourth-order valence-corrected chi connectivity index (χ4v) is 5.75. The second kappa shape index (κ2) is 9.49. The molecule has 0 radical (unpaired) electrons. The average Bonchev–Trinajstić information content (AvgIpc) is 3.13. The van der Waals surface area contributed by atoms with Gasteiger partial charge in [-0.15, -0.1) is 0 Å². The van der Waals surface area contributed by atoms with E-state index >= 15 is 0 Å². The smallest absolute Gasteiger partial charge is 0.407 e. The molecule has 7 nitrogen and oxygen atoms in total. The standard InChI is InChI=1S/C27H30N2O5/c30-25(31)13-17-14-29(15-17)26(32)22-11-5-6-12-24(22)28-27(33)34-16-23-20-9-3-1-7-18(20)19-8-2-4-10-21(19)23/h1-4,7-10,17,22-24H,5-6,11-16H2,(H,28,33)(H,30,31)/t22-,24+/m0/s1. The number of benzene rings is 2. The number of fused-ring (bicyclic) bond motifs is 3. The van der Waals surface area contributed by atoms with Crippen LogP contribution in [0.15, 0.2) is 48.5 Å². The maximum absolute atomic E-state index is 13.0. The van der Waals surface area contributed by atoms with E-state index in [1.165, 1.54) is 11.1 Å². The first-order valence-electron chi connectivity index (χ1n) is 12.1. The van der Waals surface area contributed by atoms with Gasteiger partial charge in [-0.3, -0.25) is 9.59 Å². The Kier molecular flexibility index (Phi) is 6.26. The minimum Gasteiger partial charge on any atom is -0.481 e. The minimum absolute atomic E-state index is 0.00538. The molecular weight excluding hydrogens is 432 g/mol. The Morgan fingerprint density at radius 1 is 0.941 bits per heavy atom. The highest BCUT2D eigenvalue weighted by molar-refractivity contribution is 5.82. The topological polar surface area (TPSA) is 95.9 Å². The first-order valence-corrected chi connectivity index (χ1v) is 12.1. The molecule has 2 aromatic rings. The Labute approximate surface area is 199 Å². The predicted molar refractivity (Wildman–Crippen MR) is 126 cm³/mol. The van der Waals surface area contributed by atoms with Gasteiger partial charge in [-0.05, 0) is 35.1 Å². The quantitative estimate of drug-likeness (QED) is 0.676. The van der Waals surface area contributed by atoms with Gasteiger partial charge in [-0.2, -0.15) is 0 Å². The third-order valence-electron chi connectivity index (χ3n) is 7.46. The van der Waals surface area contributed by atoms with E-state index in [1.54, 1.807) is 4.90 Å². The highest BCUT2D eigenvalue weighted by Gasteiger charge is 2.40. The van der Waals surface area contributed by atoms with E-state index < -0.39 is 12.1 Å². The van der Waals surface area contributed by atoms with Crippen LogP contribution in [0.1, 0.15) is 49.1 Å². The molecule has 34 heavy (non-hydrogen) atoms. The van der Waals surface area contributed by atoms with Crippen LogP contribution in [0.4, 0.5) is 4.79 Å². The summed E-state index contributed by atoms with van der Waals surface area (Å²) < 4.78 is 5.69. The summed E-state index contributed by atoms with van der Waals surface area (Å²) in [6.45, 7) is 1.22. The van der Waals surface area contributed by atoms with Crippen LogP contribution in [-0.4, -0.2) is 53.7 Å². The van der Waals surface area contributed by atoms with Crippen molar-refractivity contribution in [2.75, 3.05) is 19.7 Å². The normalized spacial score (nSPS) is 21.8. The summed E-state index contributed by atoms with van der Waals surface area (Å²) in [7, 11) is 0. The number of carbonyl (C=O) groups excluding carboxylic acids is 2. The number of alkyl carbamates (subject to hydrolysis) is 1. The van der Waals surface area contributed by atoms with Crippen LogP contribution in [0.2, 0.25) is 0 Å². The Morgan fingerprint density at radius 3 is 2.21 bits per heavy atom. The molecule has 2 aromatic carbocycles. The number of amides is 2. The molecule has 7 heteroatoms. The first kappa shape index (κ1) is 22.4.